The predicted octanol–water partition coefficient (Wildman–Crippen LogP) is 16.2. The average Bonchev–Trinajstić information content (AvgIpc) is 3.30. The Morgan fingerprint density at radius 1 is 0.183 bits per heavy atom. The fraction of sp³-hybridized carbons (Fsp3) is 0.0357. The van der Waals surface area contributed by atoms with Gasteiger partial charge in [0.15, 0.2) is 0 Å². The van der Waals surface area contributed by atoms with E-state index in [4.69, 9.17) is 0 Å². The molecule has 9 aromatic carbocycles. The van der Waals surface area contributed by atoms with E-state index in [9.17, 15) is 0 Å². The molecule has 0 fully saturated rings. The molecule has 0 saturated carbocycles. The van der Waals surface area contributed by atoms with Gasteiger partial charge < -0.3 is 19.6 Å². The summed E-state index contributed by atoms with van der Waals surface area (Å²) in [4.78, 5) is 9.26. The fourth-order valence-corrected chi connectivity index (χ4v) is 7.88. The Labute approximate surface area is 354 Å². The molecule has 0 radical (unpaired) electrons. The van der Waals surface area contributed by atoms with Gasteiger partial charge in [0.25, 0.3) is 0 Å². The molecule has 0 atom stereocenters. The van der Waals surface area contributed by atoms with E-state index < -0.39 is 0 Å². The first-order chi connectivity index (χ1) is 29.6. The first kappa shape index (κ1) is 37.7. The zero-order valence-electron chi connectivity index (χ0n) is 33.9. The molecule has 0 saturated heterocycles. The first-order valence-electron chi connectivity index (χ1n) is 20.4. The molecule has 0 spiro atoms. The van der Waals surface area contributed by atoms with Crippen molar-refractivity contribution >= 4 is 68.2 Å². The molecule has 0 N–H and O–H groups in total. The number of anilines is 12. The van der Waals surface area contributed by atoms with Crippen LogP contribution < -0.4 is 19.6 Å². The maximum absolute atomic E-state index is 2.34. The van der Waals surface area contributed by atoms with Crippen LogP contribution in [-0.2, 0) is 0 Å². The van der Waals surface area contributed by atoms with Crippen LogP contribution >= 0.6 is 0 Å². The summed E-state index contributed by atoms with van der Waals surface area (Å²) in [7, 11) is 0. The van der Waals surface area contributed by atoms with Crippen molar-refractivity contribution in [3.8, 4) is 0 Å². The summed E-state index contributed by atoms with van der Waals surface area (Å²) in [5.74, 6) is 0. The van der Waals surface area contributed by atoms with Crippen LogP contribution in [0.15, 0.2) is 243 Å². The van der Waals surface area contributed by atoms with Crippen molar-refractivity contribution in [3.63, 3.8) is 0 Å². The number of hydrogen-bond donors (Lipinski definition) is 0. The molecular formula is C56H46N4. The molecule has 0 unspecified atom stereocenters. The Balaban J connectivity index is 1.08. The molecule has 290 valence electrons. The SMILES string of the molecule is Cc1cccc(N(c2ccc(N(c3ccccc3)c3ccccc3)cc2)c2ccc(N(c3ccc(N(c4ccccc4)c4ccccc4)cc3)c3cccc(C)c3)cc2)c1. The Morgan fingerprint density at radius 2 is 0.367 bits per heavy atom. The number of rotatable bonds is 12. The van der Waals surface area contributed by atoms with Crippen LogP contribution in [0, 0.1) is 13.8 Å². The minimum Gasteiger partial charge on any atom is -0.311 e. The molecular weight excluding hydrogens is 729 g/mol. The maximum Gasteiger partial charge on any atom is 0.0464 e. The Hall–Kier alpha value is -7.82. The third-order valence-electron chi connectivity index (χ3n) is 10.7. The van der Waals surface area contributed by atoms with Gasteiger partial charge in [-0.05, 0) is 171 Å². The van der Waals surface area contributed by atoms with Gasteiger partial charge in [0.05, 0.1) is 0 Å². The molecule has 0 aliphatic heterocycles. The van der Waals surface area contributed by atoms with Gasteiger partial charge in [-0.2, -0.15) is 0 Å². The number of nitrogens with zero attached hydrogens (tertiary/aromatic N) is 4. The number of aryl methyl sites for hydroxylation is 2. The van der Waals surface area contributed by atoms with Gasteiger partial charge in [0.1, 0.15) is 0 Å². The van der Waals surface area contributed by atoms with E-state index in [1.807, 2.05) is 0 Å². The van der Waals surface area contributed by atoms with Crippen molar-refractivity contribution in [2.75, 3.05) is 19.6 Å². The average molecular weight is 775 g/mol. The Bertz CT molecular complexity index is 2480. The van der Waals surface area contributed by atoms with Crippen molar-refractivity contribution in [2.45, 2.75) is 13.8 Å². The van der Waals surface area contributed by atoms with E-state index in [1.54, 1.807) is 0 Å². The number of hydrogen-bond acceptors (Lipinski definition) is 4. The van der Waals surface area contributed by atoms with Crippen LogP contribution in [0.25, 0.3) is 0 Å². The molecule has 0 aromatic heterocycles. The van der Waals surface area contributed by atoms with Gasteiger partial charge in [-0.25, -0.2) is 0 Å². The normalized spacial score (nSPS) is 10.8. The zero-order valence-corrected chi connectivity index (χ0v) is 33.9. The minimum atomic E-state index is 1.07. The van der Waals surface area contributed by atoms with Crippen LogP contribution in [0.4, 0.5) is 68.2 Å². The number of benzene rings is 9. The molecule has 4 nitrogen and oxygen atoms in total. The van der Waals surface area contributed by atoms with Crippen LogP contribution in [0.3, 0.4) is 0 Å². The third-order valence-corrected chi connectivity index (χ3v) is 10.7. The van der Waals surface area contributed by atoms with Gasteiger partial charge in [-0.3, -0.25) is 0 Å². The van der Waals surface area contributed by atoms with Crippen LogP contribution in [0.5, 0.6) is 0 Å². The summed E-state index contributed by atoms with van der Waals surface area (Å²) < 4.78 is 0. The van der Waals surface area contributed by atoms with Gasteiger partial charge in [-0.15, -0.1) is 0 Å². The highest BCUT2D eigenvalue weighted by Gasteiger charge is 2.19. The molecule has 9 rings (SSSR count). The van der Waals surface area contributed by atoms with Crippen molar-refractivity contribution in [1.82, 2.24) is 0 Å². The maximum atomic E-state index is 2.34. The standard InChI is InChI=1S/C56H46N4/c1-43-17-15-27-55(41-43)59(51-33-29-49(30-34-51)57(45-19-7-3-8-20-45)46-21-9-4-10-22-46)53-37-39-54(40-38-53)60(56-28-16-18-44(2)42-56)52-35-31-50(32-36-52)58(47-23-11-5-12-24-47)48-25-13-6-14-26-48/h3-42H,1-2H3. The lowest BCUT2D eigenvalue weighted by molar-refractivity contribution is 1.23. The van der Waals surface area contributed by atoms with Gasteiger partial charge >= 0.3 is 0 Å². The minimum absolute atomic E-state index is 1.07. The topological polar surface area (TPSA) is 13.0 Å². The van der Waals surface area contributed by atoms with Gasteiger partial charge in [0.2, 0.25) is 0 Å². The first-order valence-corrected chi connectivity index (χ1v) is 20.4. The molecule has 0 amide bonds. The summed E-state index contributed by atoms with van der Waals surface area (Å²) in [5, 5.41) is 0. The summed E-state index contributed by atoms with van der Waals surface area (Å²) in [6.07, 6.45) is 0. The monoisotopic (exact) mass is 774 g/mol. The van der Waals surface area contributed by atoms with E-state index in [2.05, 4.69) is 276 Å². The highest BCUT2D eigenvalue weighted by Crippen LogP contribution is 2.42. The summed E-state index contributed by atoms with van der Waals surface area (Å²) in [6, 6.07) is 86.2. The fourth-order valence-electron chi connectivity index (χ4n) is 7.88. The summed E-state index contributed by atoms with van der Waals surface area (Å²) in [5.41, 5.74) is 15.5. The van der Waals surface area contributed by atoms with E-state index in [1.165, 1.54) is 11.1 Å². The second kappa shape index (κ2) is 17.4. The Morgan fingerprint density at radius 3 is 0.583 bits per heavy atom. The quantitative estimate of drug-likeness (QED) is 0.123. The van der Waals surface area contributed by atoms with Crippen LogP contribution in [-0.4, -0.2) is 0 Å². The largest absolute Gasteiger partial charge is 0.311 e. The van der Waals surface area contributed by atoms with Gasteiger partial charge in [0, 0.05) is 68.2 Å². The van der Waals surface area contributed by atoms with E-state index in [-0.39, 0.29) is 0 Å². The lowest BCUT2D eigenvalue weighted by Gasteiger charge is -2.30. The van der Waals surface area contributed by atoms with Crippen molar-refractivity contribution in [1.29, 1.82) is 0 Å². The van der Waals surface area contributed by atoms with Crippen molar-refractivity contribution in [2.24, 2.45) is 0 Å². The smallest absolute Gasteiger partial charge is 0.0464 e. The Kier molecular flexibility index (Phi) is 10.9. The summed E-state index contributed by atoms with van der Waals surface area (Å²) in [6.45, 7) is 4.30. The van der Waals surface area contributed by atoms with E-state index in [0.717, 1.165) is 68.2 Å². The highest BCUT2D eigenvalue weighted by atomic mass is 15.2. The molecule has 4 heteroatoms. The second-order valence-corrected chi connectivity index (χ2v) is 14.9. The van der Waals surface area contributed by atoms with Crippen molar-refractivity contribution < 1.29 is 0 Å². The lowest BCUT2D eigenvalue weighted by Crippen LogP contribution is -2.13. The number of para-hydroxylation sites is 4. The lowest BCUT2D eigenvalue weighted by atomic mass is 10.1. The molecule has 60 heavy (non-hydrogen) atoms. The molecule has 0 bridgehead atoms. The highest BCUT2D eigenvalue weighted by molar-refractivity contribution is 5.85. The van der Waals surface area contributed by atoms with E-state index in [0.29, 0.717) is 0 Å². The van der Waals surface area contributed by atoms with Crippen LogP contribution in [0.1, 0.15) is 11.1 Å². The summed E-state index contributed by atoms with van der Waals surface area (Å²) >= 11 is 0. The molecule has 9 aromatic rings. The third kappa shape index (κ3) is 8.13. The zero-order chi connectivity index (χ0) is 40.7. The molecule has 0 heterocycles. The van der Waals surface area contributed by atoms with E-state index >= 15 is 0 Å². The second-order valence-electron chi connectivity index (χ2n) is 14.9. The predicted molar refractivity (Wildman–Crippen MR) is 255 cm³/mol. The molecule has 0 aliphatic carbocycles. The van der Waals surface area contributed by atoms with Crippen LogP contribution in [0.2, 0.25) is 0 Å². The van der Waals surface area contributed by atoms with Gasteiger partial charge in [-0.1, -0.05) is 97.1 Å². The van der Waals surface area contributed by atoms with Crippen molar-refractivity contribution in [3.05, 3.63) is 254 Å². The molecule has 0 aliphatic rings.